The first kappa shape index (κ1) is 23.9. The Morgan fingerprint density at radius 1 is 0.903 bits per heavy atom. The second kappa shape index (κ2) is 11.2. The Kier molecular flexibility index (Phi) is 8.61. The second-order valence-corrected chi connectivity index (χ2v) is 7.47. The van der Waals surface area contributed by atoms with Gasteiger partial charge in [-0.3, -0.25) is 9.59 Å². The second-order valence-electron chi connectivity index (χ2n) is 7.47. The minimum atomic E-state index is -1.02. The van der Waals surface area contributed by atoms with Crippen molar-refractivity contribution in [3.05, 3.63) is 53.6 Å². The van der Waals surface area contributed by atoms with Gasteiger partial charge in [0.1, 0.15) is 0 Å². The van der Waals surface area contributed by atoms with Gasteiger partial charge in [-0.05, 0) is 69.2 Å². The van der Waals surface area contributed by atoms with Crippen molar-refractivity contribution in [2.45, 2.75) is 40.7 Å². The lowest BCUT2D eigenvalue weighted by Gasteiger charge is -2.16. The maximum absolute atomic E-state index is 12.5. The van der Waals surface area contributed by atoms with Gasteiger partial charge in [0, 0.05) is 11.3 Å². The van der Waals surface area contributed by atoms with Crippen LogP contribution in [0.4, 0.5) is 5.69 Å². The van der Waals surface area contributed by atoms with E-state index in [0.29, 0.717) is 41.9 Å². The summed E-state index contributed by atoms with van der Waals surface area (Å²) in [6.07, 6.45) is -1.02. The van der Waals surface area contributed by atoms with Gasteiger partial charge in [0.15, 0.2) is 23.4 Å². The van der Waals surface area contributed by atoms with Gasteiger partial charge < -0.3 is 19.5 Å². The minimum absolute atomic E-state index is 0.0628. The predicted octanol–water partition coefficient (Wildman–Crippen LogP) is 4.51. The summed E-state index contributed by atoms with van der Waals surface area (Å²) < 4.78 is 16.6. The van der Waals surface area contributed by atoms with Crippen molar-refractivity contribution in [3.8, 4) is 11.5 Å². The van der Waals surface area contributed by atoms with Crippen LogP contribution in [0.3, 0.4) is 0 Å². The molecule has 0 heterocycles. The summed E-state index contributed by atoms with van der Waals surface area (Å²) in [5, 5.41) is 2.66. The van der Waals surface area contributed by atoms with Gasteiger partial charge in [-0.15, -0.1) is 0 Å². The van der Waals surface area contributed by atoms with Crippen LogP contribution in [0.1, 0.15) is 55.3 Å². The van der Waals surface area contributed by atoms with Crippen LogP contribution in [0.15, 0.2) is 42.5 Å². The third-order valence-corrected chi connectivity index (χ3v) is 4.26. The Bertz CT molecular complexity index is 920. The van der Waals surface area contributed by atoms with Crippen LogP contribution in [0, 0.1) is 5.92 Å². The van der Waals surface area contributed by atoms with E-state index in [4.69, 9.17) is 14.2 Å². The third kappa shape index (κ3) is 7.13. The molecule has 2 aromatic rings. The maximum atomic E-state index is 12.5. The van der Waals surface area contributed by atoms with Crippen LogP contribution in [0.5, 0.6) is 11.5 Å². The Morgan fingerprint density at radius 2 is 1.55 bits per heavy atom. The molecule has 0 aliphatic heterocycles. The molecule has 2 rings (SSSR count). The molecular weight excluding hydrogens is 398 g/mol. The third-order valence-electron chi connectivity index (χ3n) is 4.26. The SMILES string of the molecule is CCOc1cc(C(=O)OC(C)C(=O)Nc2ccc(C(C)=O)cc2)ccc1OCC(C)C. The Morgan fingerprint density at radius 3 is 2.13 bits per heavy atom. The summed E-state index contributed by atoms with van der Waals surface area (Å²) in [4.78, 5) is 36.2. The van der Waals surface area contributed by atoms with Gasteiger partial charge >= 0.3 is 5.97 Å². The van der Waals surface area contributed by atoms with Crippen molar-refractivity contribution in [2.24, 2.45) is 5.92 Å². The molecule has 31 heavy (non-hydrogen) atoms. The molecular formula is C24H29NO6. The van der Waals surface area contributed by atoms with Crippen LogP contribution >= 0.6 is 0 Å². The summed E-state index contributed by atoms with van der Waals surface area (Å²) in [5.41, 5.74) is 1.30. The number of hydrogen-bond acceptors (Lipinski definition) is 6. The monoisotopic (exact) mass is 427 g/mol. The highest BCUT2D eigenvalue weighted by Crippen LogP contribution is 2.29. The summed E-state index contributed by atoms with van der Waals surface area (Å²) in [6.45, 7) is 9.81. The van der Waals surface area contributed by atoms with E-state index in [1.165, 1.54) is 13.8 Å². The van der Waals surface area contributed by atoms with Crippen LogP contribution in [-0.2, 0) is 9.53 Å². The fraction of sp³-hybridized carbons (Fsp3) is 0.375. The normalized spacial score (nSPS) is 11.5. The molecule has 166 valence electrons. The van der Waals surface area contributed by atoms with Crippen LogP contribution in [0.2, 0.25) is 0 Å². The average Bonchev–Trinajstić information content (AvgIpc) is 2.73. The van der Waals surface area contributed by atoms with Crippen molar-refractivity contribution in [1.82, 2.24) is 0 Å². The molecule has 0 radical (unpaired) electrons. The van der Waals surface area contributed by atoms with Crippen molar-refractivity contribution in [2.75, 3.05) is 18.5 Å². The first-order valence-electron chi connectivity index (χ1n) is 10.2. The van der Waals surface area contributed by atoms with Crippen LogP contribution < -0.4 is 14.8 Å². The highest BCUT2D eigenvalue weighted by molar-refractivity contribution is 5.98. The number of Topliss-reactive ketones (excluding diaryl/α,β-unsaturated/α-hetero) is 1. The molecule has 1 atom stereocenters. The number of esters is 1. The lowest BCUT2D eigenvalue weighted by atomic mass is 10.1. The highest BCUT2D eigenvalue weighted by Gasteiger charge is 2.20. The molecule has 1 unspecified atom stereocenters. The molecule has 7 heteroatoms. The van der Waals surface area contributed by atoms with Crippen molar-refractivity contribution < 1.29 is 28.6 Å². The van der Waals surface area contributed by atoms with E-state index in [0.717, 1.165) is 0 Å². The van der Waals surface area contributed by atoms with Crippen molar-refractivity contribution >= 4 is 23.3 Å². The number of amides is 1. The Balaban J connectivity index is 2.02. The topological polar surface area (TPSA) is 90.9 Å². The standard InChI is InChI=1S/C24H29NO6/c1-6-29-22-13-19(9-12-21(22)30-14-15(2)3)24(28)31-17(5)23(27)25-20-10-7-18(8-11-20)16(4)26/h7-13,15,17H,6,14H2,1-5H3,(H,25,27). The number of benzene rings is 2. The largest absolute Gasteiger partial charge is 0.490 e. The molecule has 1 N–H and O–H groups in total. The summed E-state index contributed by atoms with van der Waals surface area (Å²) in [6, 6.07) is 11.3. The van der Waals surface area contributed by atoms with Crippen molar-refractivity contribution in [1.29, 1.82) is 0 Å². The number of carbonyl (C=O) groups is 3. The van der Waals surface area contributed by atoms with Gasteiger partial charge in [0.2, 0.25) is 0 Å². The highest BCUT2D eigenvalue weighted by atomic mass is 16.5. The number of nitrogens with one attached hydrogen (secondary N) is 1. The van der Waals surface area contributed by atoms with E-state index in [1.807, 2.05) is 20.8 Å². The molecule has 0 spiro atoms. The molecule has 0 aliphatic carbocycles. The fourth-order valence-electron chi connectivity index (χ4n) is 2.59. The zero-order valence-corrected chi connectivity index (χ0v) is 18.6. The Labute approximate surface area is 182 Å². The van der Waals surface area contributed by atoms with E-state index in [9.17, 15) is 14.4 Å². The molecule has 0 fully saturated rings. The van der Waals surface area contributed by atoms with Gasteiger partial charge in [-0.2, -0.15) is 0 Å². The number of carbonyl (C=O) groups excluding carboxylic acids is 3. The molecule has 2 aromatic carbocycles. The first-order valence-corrected chi connectivity index (χ1v) is 10.2. The molecule has 0 saturated carbocycles. The van der Waals surface area contributed by atoms with Gasteiger partial charge in [0.05, 0.1) is 18.8 Å². The molecule has 0 aliphatic rings. The molecule has 7 nitrogen and oxygen atoms in total. The zero-order chi connectivity index (χ0) is 23.0. The van der Waals surface area contributed by atoms with E-state index < -0.39 is 18.0 Å². The number of ether oxygens (including phenoxy) is 3. The smallest absolute Gasteiger partial charge is 0.339 e. The van der Waals surface area contributed by atoms with Crippen molar-refractivity contribution in [3.63, 3.8) is 0 Å². The number of anilines is 1. The quantitative estimate of drug-likeness (QED) is 0.443. The maximum Gasteiger partial charge on any atom is 0.339 e. The van der Waals surface area contributed by atoms with Gasteiger partial charge in [-0.25, -0.2) is 4.79 Å². The van der Waals surface area contributed by atoms with Gasteiger partial charge in [0.25, 0.3) is 5.91 Å². The Hall–Kier alpha value is -3.35. The lowest BCUT2D eigenvalue weighted by molar-refractivity contribution is -0.123. The van der Waals surface area contributed by atoms with Crippen LogP contribution in [0.25, 0.3) is 0 Å². The average molecular weight is 427 g/mol. The molecule has 0 aromatic heterocycles. The summed E-state index contributed by atoms with van der Waals surface area (Å²) in [5.74, 6) is 0.147. The molecule has 0 bridgehead atoms. The van der Waals surface area contributed by atoms with E-state index >= 15 is 0 Å². The fourth-order valence-corrected chi connectivity index (χ4v) is 2.59. The zero-order valence-electron chi connectivity index (χ0n) is 18.6. The lowest BCUT2D eigenvalue weighted by Crippen LogP contribution is -2.30. The molecule has 1 amide bonds. The number of ketones is 1. The van der Waals surface area contributed by atoms with E-state index in [2.05, 4.69) is 5.32 Å². The van der Waals surface area contributed by atoms with Gasteiger partial charge in [-0.1, -0.05) is 13.8 Å². The number of hydrogen-bond donors (Lipinski definition) is 1. The first-order chi connectivity index (χ1) is 14.7. The van der Waals surface area contributed by atoms with Crippen LogP contribution in [-0.4, -0.2) is 37.0 Å². The van der Waals surface area contributed by atoms with E-state index in [1.54, 1.807) is 42.5 Å². The number of rotatable bonds is 10. The van der Waals surface area contributed by atoms with E-state index in [-0.39, 0.29) is 11.3 Å². The molecule has 0 saturated heterocycles. The minimum Gasteiger partial charge on any atom is -0.490 e. The predicted molar refractivity (Wildman–Crippen MR) is 118 cm³/mol. The summed E-state index contributed by atoms with van der Waals surface area (Å²) >= 11 is 0. The summed E-state index contributed by atoms with van der Waals surface area (Å²) in [7, 11) is 0.